The number of hydrogen-bond acceptors (Lipinski definition) is 5. The summed E-state index contributed by atoms with van der Waals surface area (Å²) < 4.78 is 68.2. The molecule has 9 heteroatoms. The lowest BCUT2D eigenvalue weighted by Gasteiger charge is -2.14. The Morgan fingerprint density at radius 2 is 1.93 bits per heavy atom. The van der Waals surface area contributed by atoms with Crippen molar-refractivity contribution in [3.8, 4) is 5.88 Å². The van der Waals surface area contributed by atoms with E-state index in [4.69, 9.17) is 4.74 Å². The maximum Gasteiger partial charge on any atom is 0.534 e. The molecule has 0 aliphatic carbocycles. The molecule has 0 N–H and O–H groups in total. The third-order valence-electron chi connectivity index (χ3n) is 3.76. The quantitative estimate of drug-likeness (QED) is 0.342. The summed E-state index contributed by atoms with van der Waals surface area (Å²) in [6.45, 7) is 2.11. The summed E-state index contributed by atoms with van der Waals surface area (Å²) >= 11 is 0. The van der Waals surface area contributed by atoms with Crippen molar-refractivity contribution in [3.05, 3.63) is 48.7 Å². The first-order chi connectivity index (χ1) is 12.7. The van der Waals surface area contributed by atoms with Crippen LogP contribution in [0.15, 0.2) is 48.7 Å². The van der Waals surface area contributed by atoms with Gasteiger partial charge in [0.05, 0.1) is 12.1 Å². The number of nitrogens with zero attached hydrogens (tertiary/aromatic N) is 1. The molecule has 5 nitrogen and oxygen atoms in total. The maximum absolute atomic E-state index is 12.3. The van der Waals surface area contributed by atoms with Crippen molar-refractivity contribution >= 4 is 21.0 Å². The van der Waals surface area contributed by atoms with Gasteiger partial charge in [0.1, 0.15) is 6.26 Å². The Balaban J connectivity index is 2.01. The van der Waals surface area contributed by atoms with Gasteiger partial charge in [-0.05, 0) is 24.6 Å². The molecular formula is C18H20F3NO4S. The summed E-state index contributed by atoms with van der Waals surface area (Å²) in [5.74, 6) is 0.0640. The monoisotopic (exact) mass is 403 g/mol. The van der Waals surface area contributed by atoms with Crippen LogP contribution in [0.5, 0.6) is 5.88 Å². The number of pyridine rings is 1. The highest BCUT2D eigenvalue weighted by atomic mass is 32.2. The summed E-state index contributed by atoms with van der Waals surface area (Å²) in [6.07, 6.45) is 4.10. The zero-order valence-electron chi connectivity index (χ0n) is 14.6. The van der Waals surface area contributed by atoms with Gasteiger partial charge in [-0.3, -0.25) is 0 Å². The molecule has 27 heavy (non-hydrogen) atoms. The average molecular weight is 403 g/mol. The molecule has 2 aromatic rings. The molecule has 1 atom stereocenters. The van der Waals surface area contributed by atoms with E-state index in [1.54, 1.807) is 6.07 Å². The first-order valence-electron chi connectivity index (χ1n) is 8.38. The lowest BCUT2D eigenvalue weighted by atomic mass is 10.0. The van der Waals surface area contributed by atoms with E-state index in [0.29, 0.717) is 18.6 Å². The van der Waals surface area contributed by atoms with E-state index in [-0.39, 0.29) is 12.5 Å². The molecule has 0 radical (unpaired) electrons. The molecule has 1 heterocycles. The lowest BCUT2D eigenvalue weighted by molar-refractivity contribution is -0.0515. The Morgan fingerprint density at radius 3 is 2.63 bits per heavy atom. The SMILES string of the molecule is CCCCC(C=COS(=O)(=O)C(F)(F)F)COc1ccc2ccccc2n1. The van der Waals surface area contributed by atoms with E-state index in [1.165, 1.54) is 6.08 Å². The van der Waals surface area contributed by atoms with Crippen LogP contribution in [0.25, 0.3) is 10.9 Å². The Bertz CT molecular complexity index is 882. The van der Waals surface area contributed by atoms with Crippen molar-refractivity contribution in [3.63, 3.8) is 0 Å². The van der Waals surface area contributed by atoms with Crippen LogP contribution in [0, 0.1) is 5.92 Å². The molecule has 1 aromatic heterocycles. The van der Waals surface area contributed by atoms with E-state index in [1.807, 2.05) is 37.3 Å². The van der Waals surface area contributed by atoms with Crippen LogP contribution in [0.3, 0.4) is 0 Å². The molecular weight excluding hydrogens is 383 g/mol. The zero-order valence-corrected chi connectivity index (χ0v) is 15.5. The van der Waals surface area contributed by atoms with Gasteiger partial charge in [-0.1, -0.05) is 38.0 Å². The molecule has 0 spiro atoms. The molecule has 0 bridgehead atoms. The summed E-state index contributed by atoms with van der Waals surface area (Å²) in [7, 11) is -5.65. The predicted molar refractivity (Wildman–Crippen MR) is 95.5 cm³/mol. The summed E-state index contributed by atoms with van der Waals surface area (Å²) in [4.78, 5) is 4.36. The molecule has 0 saturated carbocycles. The Kier molecular flexibility index (Phi) is 7.06. The Hall–Kier alpha value is -2.29. The number of ether oxygens (including phenoxy) is 1. The summed E-state index contributed by atoms with van der Waals surface area (Å²) in [6, 6.07) is 11.1. The largest absolute Gasteiger partial charge is 0.534 e. The van der Waals surface area contributed by atoms with Crippen LogP contribution in [0.2, 0.25) is 0 Å². The van der Waals surface area contributed by atoms with E-state index >= 15 is 0 Å². The molecule has 1 unspecified atom stereocenters. The fourth-order valence-corrected chi connectivity index (χ4v) is 2.61. The van der Waals surface area contributed by atoms with Gasteiger partial charge in [0.2, 0.25) is 5.88 Å². The molecule has 2 rings (SSSR count). The molecule has 0 aliphatic rings. The highest BCUT2D eigenvalue weighted by Gasteiger charge is 2.47. The van der Waals surface area contributed by atoms with Gasteiger partial charge in [-0.2, -0.15) is 21.6 Å². The maximum atomic E-state index is 12.3. The minimum Gasteiger partial charge on any atom is -0.477 e. The van der Waals surface area contributed by atoms with Gasteiger partial charge in [-0.25, -0.2) is 4.98 Å². The van der Waals surface area contributed by atoms with Crippen molar-refractivity contribution in [1.29, 1.82) is 0 Å². The standard InChI is InChI=1S/C18H20F3NO4S/c1-2-3-6-14(11-12-26-27(23,24)18(19,20)21)13-25-17-10-9-15-7-4-5-8-16(15)22-17/h4-5,7-12,14H,2-3,6,13H2,1H3. The second-order valence-corrected chi connectivity index (χ2v) is 7.44. The summed E-state index contributed by atoms with van der Waals surface area (Å²) in [5, 5.41) is 0.957. The van der Waals surface area contributed by atoms with Crippen LogP contribution in [0.4, 0.5) is 13.2 Å². The Labute approximate surface area is 155 Å². The number of fused-ring (bicyclic) bond motifs is 1. The molecule has 0 saturated heterocycles. The number of unbranched alkanes of at least 4 members (excludes halogenated alkanes) is 1. The average Bonchev–Trinajstić information content (AvgIpc) is 2.62. The number of halogens is 3. The minimum absolute atomic E-state index is 0.136. The van der Waals surface area contributed by atoms with Gasteiger partial charge >= 0.3 is 15.6 Å². The number of rotatable bonds is 9. The van der Waals surface area contributed by atoms with E-state index < -0.39 is 15.6 Å². The number of benzene rings is 1. The number of aromatic nitrogens is 1. The number of alkyl halides is 3. The fraction of sp³-hybridized carbons (Fsp3) is 0.389. The third kappa shape index (κ3) is 6.13. The van der Waals surface area contributed by atoms with Crippen LogP contribution in [0.1, 0.15) is 26.2 Å². The van der Waals surface area contributed by atoms with E-state index in [0.717, 1.165) is 23.7 Å². The van der Waals surface area contributed by atoms with Gasteiger partial charge in [0, 0.05) is 17.4 Å². The van der Waals surface area contributed by atoms with Gasteiger partial charge in [-0.15, -0.1) is 0 Å². The molecule has 0 fully saturated rings. The highest BCUT2D eigenvalue weighted by Crippen LogP contribution is 2.25. The molecule has 1 aromatic carbocycles. The number of para-hydroxylation sites is 1. The van der Waals surface area contributed by atoms with Gasteiger partial charge < -0.3 is 8.92 Å². The second kappa shape index (κ2) is 9.07. The molecule has 0 amide bonds. The van der Waals surface area contributed by atoms with Crippen molar-refractivity contribution < 1.29 is 30.5 Å². The van der Waals surface area contributed by atoms with E-state index in [2.05, 4.69) is 9.17 Å². The predicted octanol–water partition coefficient (Wildman–Crippen LogP) is 4.80. The summed E-state index contributed by atoms with van der Waals surface area (Å²) in [5.41, 5.74) is -4.70. The normalized spacial score (nSPS) is 13.8. The van der Waals surface area contributed by atoms with Crippen molar-refractivity contribution in [2.45, 2.75) is 31.7 Å². The van der Waals surface area contributed by atoms with Crippen LogP contribution < -0.4 is 4.74 Å². The zero-order chi connectivity index (χ0) is 19.9. The van der Waals surface area contributed by atoms with Gasteiger partial charge in [0.15, 0.2) is 0 Å². The molecule has 148 valence electrons. The first-order valence-corrected chi connectivity index (χ1v) is 9.78. The second-order valence-electron chi connectivity index (χ2n) is 5.88. The topological polar surface area (TPSA) is 65.5 Å². The third-order valence-corrected chi connectivity index (χ3v) is 4.69. The first kappa shape index (κ1) is 21.0. The van der Waals surface area contributed by atoms with Crippen molar-refractivity contribution in [1.82, 2.24) is 4.98 Å². The lowest BCUT2D eigenvalue weighted by Crippen LogP contribution is -2.23. The van der Waals surface area contributed by atoms with Crippen molar-refractivity contribution in [2.24, 2.45) is 5.92 Å². The molecule has 0 aliphatic heterocycles. The van der Waals surface area contributed by atoms with Crippen LogP contribution in [-0.4, -0.2) is 25.5 Å². The fourth-order valence-electron chi connectivity index (χ4n) is 2.29. The highest BCUT2D eigenvalue weighted by molar-refractivity contribution is 7.87. The van der Waals surface area contributed by atoms with Crippen LogP contribution in [-0.2, 0) is 14.3 Å². The minimum atomic E-state index is -5.65. The van der Waals surface area contributed by atoms with E-state index in [9.17, 15) is 21.6 Å². The van der Waals surface area contributed by atoms with Crippen molar-refractivity contribution in [2.75, 3.05) is 6.61 Å². The number of hydrogen-bond donors (Lipinski definition) is 0. The van der Waals surface area contributed by atoms with Gasteiger partial charge in [0.25, 0.3) is 0 Å². The smallest absolute Gasteiger partial charge is 0.477 e. The van der Waals surface area contributed by atoms with Crippen LogP contribution >= 0.6 is 0 Å². The Morgan fingerprint density at radius 1 is 1.19 bits per heavy atom.